The average Bonchev–Trinajstić information content (AvgIpc) is 2.16. The molecule has 0 aromatic carbocycles. The van der Waals surface area contributed by atoms with Crippen LogP contribution in [0.5, 0.6) is 0 Å². The molecule has 0 N–H and O–H groups in total. The van der Waals surface area contributed by atoms with Crippen LogP contribution in [-0.4, -0.2) is 13.3 Å². The zero-order valence-corrected chi connectivity index (χ0v) is 12.2. The third-order valence-electron chi connectivity index (χ3n) is 3.72. The maximum absolute atomic E-state index is 6.31. The summed E-state index contributed by atoms with van der Waals surface area (Å²) in [4.78, 5) is 0. The van der Waals surface area contributed by atoms with Crippen LogP contribution in [0.3, 0.4) is 0 Å². The fraction of sp³-hybridized carbons (Fsp3) is 1.00. The van der Waals surface area contributed by atoms with Gasteiger partial charge in [-0.05, 0) is 30.2 Å². The lowest BCUT2D eigenvalue weighted by Gasteiger charge is -2.43. The lowest BCUT2D eigenvalue weighted by Crippen LogP contribution is -2.34. The van der Waals surface area contributed by atoms with Crippen LogP contribution in [0.4, 0.5) is 0 Å². The molecule has 0 nitrogen and oxygen atoms in total. The van der Waals surface area contributed by atoms with Crippen LogP contribution in [-0.2, 0) is 0 Å². The summed E-state index contributed by atoms with van der Waals surface area (Å²) in [6.07, 6.45) is 7.38. The molecule has 4 heteroatoms. The molecular formula is C10H19Cl3Si. The van der Waals surface area contributed by atoms with Crippen molar-refractivity contribution in [1.82, 2.24) is 0 Å². The van der Waals surface area contributed by atoms with Crippen molar-refractivity contribution >= 4 is 41.2 Å². The predicted octanol–water partition coefficient (Wildman–Crippen LogP) is 4.65. The van der Waals surface area contributed by atoms with Crippen molar-refractivity contribution in [3.05, 3.63) is 0 Å². The minimum absolute atomic E-state index is 0.274. The van der Waals surface area contributed by atoms with Gasteiger partial charge in [0.1, 0.15) is 0 Å². The van der Waals surface area contributed by atoms with E-state index in [1.54, 1.807) is 0 Å². The van der Waals surface area contributed by atoms with Crippen LogP contribution >= 0.6 is 33.8 Å². The molecule has 0 bridgehead atoms. The summed E-state index contributed by atoms with van der Waals surface area (Å²) in [7, 11) is -1.59. The Hall–Kier alpha value is 1.09. The van der Waals surface area contributed by atoms with E-state index in [0.29, 0.717) is 5.92 Å². The second-order valence-electron chi connectivity index (χ2n) is 4.47. The summed E-state index contributed by atoms with van der Waals surface area (Å²) in [5.74, 6) is 1.44. The van der Waals surface area contributed by atoms with E-state index in [4.69, 9.17) is 33.8 Å². The minimum Gasteiger partial charge on any atom is -0.150 e. The Morgan fingerprint density at radius 1 is 1.36 bits per heavy atom. The van der Waals surface area contributed by atoms with E-state index in [2.05, 4.69) is 6.92 Å². The van der Waals surface area contributed by atoms with E-state index in [-0.39, 0.29) is 5.04 Å². The van der Waals surface area contributed by atoms with Gasteiger partial charge in [0.2, 0.25) is 7.42 Å². The van der Waals surface area contributed by atoms with Gasteiger partial charge in [-0.15, -0.1) is 33.8 Å². The van der Waals surface area contributed by atoms with Crippen molar-refractivity contribution in [1.29, 1.82) is 0 Å². The van der Waals surface area contributed by atoms with Gasteiger partial charge < -0.3 is 0 Å². The highest BCUT2D eigenvalue weighted by Crippen LogP contribution is 2.55. The molecule has 1 rings (SSSR count). The minimum atomic E-state index is -1.59. The molecule has 0 aliphatic heterocycles. The van der Waals surface area contributed by atoms with E-state index < -0.39 is 7.42 Å². The number of alkyl halides is 1. The molecule has 1 fully saturated rings. The van der Waals surface area contributed by atoms with Gasteiger partial charge in [-0.25, -0.2) is 0 Å². The summed E-state index contributed by atoms with van der Waals surface area (Å²) in [6, 6.07) is 0. The molecule has 1 aliphatic rings. The maximum Gasteiger partial charge on any atom is 0.243 e. The maximum atomic E-state index is 6.31. The molecule has 0 spiro atoms. The van der Waals surface area contributed by atoms with Gasteiger partial charge in [-0.3, -0.25) is 0 Å². The number of halogens is 3. The highest BCUT2D eigenvalue weighted by Gasteiger charge is 2.43. The summed E-state index contributed by atoms with van der Waals surface area (Å²) in [5.41, 5.74) is 0. The first-order chi connectivity index (χ1) is 6.63. The van der Waals surface area contributed by atoms with Gasteiger partial charge in [0.05, 0.1) is 0 Å². The van der Waals surface area contributed by atoms with Crippen molar-refractivity contribution in [2.75, 3.05) is 5.88 Å². The molecule has 1 saturated carbocycles. The van der Waals surface area contributed by atoms with Crippen molar-refractivity contribution < 1.29 is 0 Å². The fourth-order valence-corrected chi connectivity index (χ4v) is 6.81. The van der Waals surface area contributed by atoms with Gasteiger partial charge in [-0.1, -0.05) is 26.2 Å². The summed E-state index contributed by atoms with van der Waals surface area (Å²) < 4.78 is 0. The first-order valence-electron chi connectivity index (χ1n) is 5.47. The van der Waals surface area contributed by atoms with Crippen molar-refractivity contribution in [2.45, 2.75) is 50.5 Å². The normalized spacial score (nSPS) is 33.6. The molecule has 0 aromatic rings. The standard InChI is InChI=1S/C10H19Cl3Si/c1-9-5-2-3-6-10(9,14(12)13)7-4-8-11/h9,14H,2-8H2,1H3. The highest BCUT2D eigenvalue weighted by molar-refractivity contribution is 7.35. The number of hydrogen-bond donors (Lipinski definition) is 0. The van der Waals surface area contributed by atoms with Crippen molar-refractivity contribution in [2.24, 2.45) is 5.92 Å². The lowest BCUT2D eigenvalue weighted by atomic mass is 9.77. The molecule has 0 radical (unpaired) electrons. The molecule has 14 heavy (non-hydrogen) atoms. The SMILES string of the molecule is CC1CCCCC1(CCCCl)[SiH](Cl)Cl. The molecule has 1 aliphatic carbocycles. The van der Waals surface area contributed by atoms with E-state index >= 15 is 0 Å². The summed E-state index contributed by atoms with van der Waals surface area (Å²) in [6.45, 7) is 2.32. The molecule has 0 aromatic heterocycles. The molecule has 0 amide bonds. The van der Waals surface area contributed by atoms with Gasteiger partial charge in [0, 0.05) is 5.88 Å². The molecule has 2 atom stereocenters. The third kappa shape index (κ3) is 2.81. The van der Waals surface area contributed by atoms with E-state index in [1.165, 1.54) is 25.7 Å². The monoisotopic (exact) mass is 272 g/mol. The quantitative estimate of drug-likeness (QED) is 0.397. The largest absolute Gasteiger partial charge is 0.243 e. The van der Waals surface area contributed by atoms with Crippen LogP contribution in [0.15, 0.2) is 0 Å². The van der Waals surface area contributed by atoms with Gasteiger partial charge >= 0.3 is 0 Å². The van der Waals surface area contributed by atoms with Crippen molar-refractivity contribution in [3.63, 3.8) is 0 Å². The van der Waals surface area contributed by atoms with E-state index in [0.717, 1.165) is 18.7 Å². The Morgan fingerprint density at radius 3 is 2.57 bits per heavy atom. The molecule has 0 heterocycles. The van der Waals surface area contributed by atoms with Crippen LogP contribution in [0.25, 0.3) is 0 Å². The van der Waals surface area contributed by atoms with Crippen LogP contribution in [0.1, 0.15) is 45.4 Å². The smallest absolute Gasteiger partial charge is 0.150 e. The number of rotatable bonds is 4. The molecule has 0 saturated heterocycles. The van der Waals surface area contributed by atoms with Crippen molar-refractivity contribution in [3.8, 4) is 0 Å². The lowest BCUT2D eigenvalue weighted by molar-refractivity contribution is 0.257. The first kappa shape index (κ1) is 13.2. The molecule has 84 valence electrons. The van der Waals surface area contributed by atoms with Crippen LogP contribution in [0, 0.1) is 5.92 Å². The molecular weight excluding hydrogens is 255 g/mol. The zero-order chi connectivity index (χ0) is 10.6. The Kier molecular flexibility index (Phi) is 5.62. The third-order valence-corrected chi connectivity index (χ3v) is 8.61. The first-order valence-corrected chi connectivity index (χ1v) is 10.1. The molecule has 2 unspecified atom stereocenters. The van der Waals surface area contributed by atoms with Crippen LogP contribution < -0.4 is 0 Å². The van der Waals surface area contributed by atoms with Gasteiger partial charge in [0.25, 0.3) is 0 Å². The fourth-order valence-electron chi connectivity index (χ4n) is 2.64. The average molecular weight is 274 g/mol. The van der Waals surface area contributed by atoms with Gasteiger partial charge in [0.15, 0.2) is 0 Å². The number of hydrogen-bond acceptors (Lipinski definition) is 0. The predicted molar refractivity (Wildman–Crippen MR) is 69.1 cm³/mol. The topological polar surface area (TPSA) is 0 Å². The Bertz CT molecular complexity index is 175. The summed E-state index contributed by atoms with van der Waals surface area (Å²) in [5, 5.41) is 0.274. The summed E-state index contributed by atoms with van der Waals surface area (Å²) >= 11 is 18.4. The van der Waals surface area contributed by atoms with Crippen LogP contribution in [0.2, 0.25) is 5.04 Å². The second kappa shape index (κ2) is 5.98. The Labute approximate surface area is 103 Å². The Balaban J connectivity index is 2.67. The second-order valence-corrected chi connectivity index (χ2v) is 9.89. The highest BCUT2D eigenvalue weighted by atomic mass is 35.7. The zero-order valence-electron chi connectivity index (χ0n) is 8.74. The Morgan fingerprint density at radius 2 is 2.07 bits per heavy atom. The van der Waals surface area contributed by atoms with Gasteiger partial charge in [-0.2, -0.15) is 0 Å². The van der Waals surface area contributed by atoms with E-state index in [1.807, 2.05) is 0 Å². The van der Waals surface area contributed by atoms with E-state index in [9.17, 15) is 0 Å².